The molecule has 0 aliphatic carbocycles. The molecule has 2 rings (SSSR count). The van der Waals surface area contributed by atoms with E-state index >= 15 is 0 Å². The molecule has 1 saturated heterocycles. The van der Waals surface area contributed by atoms with Crippen LogP contribution in [-0.4, -0.2) is 48.5 Å². The van der Waals surface area contributed by atoms with E-state index in [2.05, 4.69) is 0 Å². The summed E-state index contributed by atoms with van der Waals surface area (Å²) in [7, 11) is 0. The number of ether oxygens (including phenoxy) is 2. The Hall–Kier alpha value is -2.37. The summed E-state index contributed by atoms with van der Waals surface area (Å²) in [6.45, 7) is 2.09. The van der Waals surface area contributed by atoms with Gasteiger partial charge >= 0.3 is 11.9 Å². The molecule has 0 spiro atoms. The fraction of sp³-hybridized carbons (Fsp3) is 0.400. The quantitative estimate of drug-likeness (QED) is 0.757. The van der Waals surface area contributed by atoms with Gasteiger partial charge in [0, 0.05) is 0 Å². The van der Waals surface area contributed by atoms with Crippen molar-refractivity contribution < 1.29 is 23.9 Å². The van der Waals surface area contributed by atoms with Gasteiger partial charge in [0.2, 0.25) is 5.91 Å². The SMILES string of the molecule is CCOC(=O)CN1CC(OC(=O)c2ccccc2)CC1=O. The summed E-state index contributed by atoms with van der Waals surface area (Å²) < 4.78 is 10.1. The summed E-state index contributed by atoms with van der Waals surface area (Å²) in [5.74, 6) is -1.14. The second-order valence-corrected chi connectivity index (χ2v) is 4.68. The van der Waals surface area contributed by atoms with Crippen LogP contribution in [0.1, 0.15) is 23.7 Å². The summed E-state index contributed by atoms with van der Waals surface area (Å²) >= 11 is 0. The standard InChI is InChI=1S/C15H17NO5/c1-2-20-14(18)10-16-9-12(8-13(16)17)21-15(19)11-6-4-3-5-7-11/h3-7,12H,2,8-10H2,1H3. The third kappa shape index (κ3) is 4.05. The molecule has 1 aliphatic heterocycles. The molecular formula is C15H17NO5. The molecule has 1 fully saturated rings. The Morgan fingerprint density at radius 3 is 2.67 bits per heavy atom. The van der Waals surface area contributed by atoms with Gasteiger partial charge in [-0.25, -0.2) is 4.79 Å². The molecule has 21 heavy (non-hydrogen) atoms. The second-order valence-electron chi connectivity index (χ2n) is 4.68. The largest absolute Gasteiger partial charge is 0.465 e. The number of likely N-dealkylation sites (tertiary alicyclic amines) is 1. The average Bonchev–Trinajstić information content (AvgIpc) is 2.80. The molecule has 1 amide bonds. The maximum Gasteiger partial charge on any atom is 0.338 e. The molecule has 1 atom stereocenters. The van der Waals surface area contributed by atoms with Crippen LogP contribution in [0, 0.1) is 0 Å². The summed E-state index contributed by atoms with van der Waals surface area (Å²) in [6, 6.07) is 8.58. The lowest BCUT2D eigenvalue weighted by molar-refractivity contribution is -0.147. The van der Waals surface area contributed by atoms with E-state index in [0.717, 1.165) is 0 Å². The van der Waals surface area contributed by atoms with Crippen molar-refractivity contribution in [1.29, 1.82) is 0 Å². The maximum atomic E-state index is 11.9. The highest BCUT2D eigenvalue weighted by atomic mass is 16.5. The summed E-state index contributed by atoms with van der Waals surface area (Å²) in [5.41, 5.74) is 0.439. The molecule has 0 bridgehead atoms. The summed E-state index contributed by atoms with van der Waals surface area (Å²) in [4.78, 5) is 36.4. The van der Waals surface area contributed by atoms with Crippen LogP contribution >= 0.6 is 0 Å². The zero-order valence-electron chi connectivity index (χ0n) is 11.8. The maximum absolute atomic E-state index is 11.9. The van der Waals surface area contributed by atoms with Crippen LogP contribution in [-0.2, 0) is 19.1 Å². The number of rotatable bonds is 5. The van der Waals surface area contributed by atoms with Crippen LogP contribution in [0.2, 0.25) is 0 Å². The van der Waals surface area contributed by atoms with E-state index in [-0.39, 0.29) is 32.0 Å². The van der Waals surface area contributed by atoms with Crippen molar-refractivity contribution in [3.63, 3.8) is 0 Å². The monoisotopic (exact) mass is 291 g/mol. The molecule has 0 radical (unpaired) electrons. The molecule has 0 aromatic heterocycles. The van der Waals surface area contributed by atoms with Gasteiger partial charge in [0.15, 0.2) is 0 Å². The van der Waals surface area contributed by atoms with Crippen molar-refractivity contribution in [2.75, 3.05) is 19.7 Å². The second kappa shape index (κ2) is 6.88. The fourth-order valence-electron chi connectivity index (χ4n) is 2.12. The van der Waals surface area contributed by atoms with Crippen LogP contribution < -0.4 is 0 Å². The van der Waals surface area contributed by atoms with E-state index in [0.29, 0.717) is 5.56 Å². The first-order chi connectivity index (χ1) is 10.1. The molecule has 1 aromatic rings. The Labute approximate surface area is 122 Å². The predicted octanol–water partition coefficient (Wildman–Crippen LogP) is 1.01. The van der Waals surface area contributed by atoms with E-state index in [9.17, 15) is 14.4 Å². The van der Waals surface area contributed by atoms with Crippen molar-refractivity contribution in [3.05, 3.63) is 35.9 Å². The highest BCUT2D eigenvalue weighted by Gasteiger charge is 2.33. The Balaban J connectivity index is 1.88. The van der Waals surface area contributed by atoms with Crippen LogP contribution in [0.4, 0.5) is 0 Å². The van der Waals surface area contributed by atoms with Gasteiger partial charge in [0.05, 0.1) is 25.1 Å². The number of hydrogen-bond acceptors (Lipinski definition) is 5. The van der Waals surface area contributed by atoms with Gasteiger partial charge in [-0.3, -0.25) is 9.59 Å². The third-order valence-electron chi connectivity index (χ3n) is 3.09. The highest BCUT2D eigenvalue weighted by Crippen LogP contribution is 2.16. The number of esters is 2. The van der Waals surface area contributed by atoms with Gasteiger partial charge in [0.25, 0.3) is 0 Å². The molecule has 1 unspecified atom stereocenters. The van der Waals surface area contributed by atoms with Crippen LogP contribution in [0.15, 0.2) is 30.3 Å². The molecule has 1 heterocycles. The molecule has 0 N–H and O–H groups in total. The molecule has 6 heteroatoms. The number of carbonyl (C=O) groups excluding carboxylic acids is 3. The fourth-order valence-corrected chi connectivity index (χ4v) is 2.12. The lowest BCUT2D eigenvalue weighted by Gasteiger charge is -2.15. The van der Waals surface area contributed by atoms with Gasteiger partial charge in [-0.05, 0) is 19.1 Å². The lowest BCUT2D eigenvalue weighted by atomic mass is 10.2. The van der Waals surface area contributed by atoms with Crippen molar-refractivity contribution in [3.8, 4) is 0 Å². The third-order valence-corrected chi connectivity index (χ3v) is 3.09. The van der Waals surface area contributed by atoms with Gasteiger partial charge in [0.1, 0.15) is 12.6 Å². The smallest absolute Gasteiger partial charge is 0.338 e. The van der Waals surface area contributed by atoms with E-state index in [1.165, 1.54) is 4.90 Å². The normalized spacial score (nSPS) is 17.7. The van der Waals surface area contributed by atoms with Gasteiger partial charge < -0.3 is 14.4 Å². The van der Waals surface area contributed by atoms with Crippen molar-refractivity contribution >= 4 is 17.8 Å². The number of nitrogens with zero attached hydrogens (tertiary/aromatic N) is 1. The summed E-state index contributed by atoms with van der Waals surface area (Å²) in [6.07, 6.45) is -0.433. The highest BCUT2D eigenvalue weighted by molar-refractivity contribution is 5.90. The van der Waals surface area contributed by atoms with E-state index in [1.54, 1.807) is 37.3 Å². The first-order valence-electron chi connectivity index (χ1n) is 6.79. The van der Waals surface area contributed by atoms with Crippen molar-refractivity contribution in [1.82, 2.24) is 4.90 Å². The molecule has 112 valence electrons. The molecule has 0 saturated carbocycles. The minimum atomic E-state index is -0.528. The molecule has 6 nitrogen and oxygen atoms in total. The topological polar surface area (TPSA) is 72.9 Å². The summed E-state index contributed by atoms with van der Waals surface area (Å²) in [5, 5.41) is 0. The zero-order valence-corrected chi connectivity index (χ0v) is 11.8. The van der Waals surface area contributed by atoms with Gasteiger partial charge in [-0.15, -0.1) is 0 Å². The predicted molar refractivity (Wildman–Crippen MR) is 73.5 cm³/mol. The van der Waals surface area contributed by atoms with Crippen molar-refractivity contribution in [2.45, 2.75) is 19.4 Å². The number of benzene rings is 1. The lowest BCUT2D eigenvalue weighted by Crippen LogP contribution is -2.33. The molecule has 1 aliphatic rings. The number of amides is 1. The van der Waals surface area contributed by atoms with Gasteiger partial charge in [-0.2, -0.15) is 0 Å². The van der Waals surface area contributed by atoms with E-state index in [1.807, 2.05) is 0 Å². The first-order valence-corrected chi connectivity index (χ1v) is 6.79. The van der Waals surface area contributed by atoms with Crippen LogP contribution in [0.3, 0.4) is 0 Å². The first kappa shape index (κ1) is 15.0. The minimum Gasteiger partial charge on any atom is -0.465 e. The minimum absolute atomic E-state index is 0.0952. The van der Waals surface area contributed by atoms with Gasteiger partial charge in [-0.1, -0.05) is 18.2 Å². The molecular weight excluding hydrogens is 274 g/mol. The Kier molecular flexibility index (Phi) is 4.92. The Bertz CT molecular complexity index is 528. The zero-order chi connectivity index (χ0) is 15.2. The van der Waals surface area contributed by atoms with Crippen LogP contribution in [0.25, 0.3) is 0 Å². The van der Waals surface area contributed by atoms with Crippen molar-refractivity contribution in [2.24, 2.45) is 0 Å². The Morgan fingerprint density at radius 1 is 1.29 bits per heavy atom. The van der Waals surface area contributed by atoms with Crippen LogP contribution in [0.5, 0.6) is 0 Å². The average molecular weight is 291 g/mol. The van der Waals surface area contributed by atoms with E-state index in [4.69, 9.17) is 9.47 Å². The molecule has 1 aromatic carbocycles. The Morgan fingerprint density at radius 2 is 2.00 bits per heavy atom. The van der Waals surface area contributed by atoms with E-state index < -0.39 is 18.0 Å². The number of hydrogen-bond donors (Lipinski definition) is 0. The number of carbonyl (C=O) groups is 3.